The number of amides is 1. The van der Waals surface area contributed by atoms with Crippen molar-refractivity contribution in [2.75, 3.05) is 6.54 Å². The Morgan fingerprint density at radius 2 is 1.95 bits per heavy atom. The van der Waals surface area contributed by atoms with E-state index in [-0.39, 0.29) is 0 Å². The number of benzene rings is 1. The molecule has 0 saturated heterocycles. The summed E-state index contributed by atoms with van der Waals surface area (Å²) < 4.78 is 28.2. The molecule has 1 aromatic heterocycles. The van der Waals surface area contributed by atoms with Crippen molar-refractivity contribution in [1.29, 1.82) is 0 Å². The van der Waals surface area contributed by atoms with Crippen LogP contribution >= 0.6 is 0 Å². The average Bonchev–Trinajstić information content (AvgIpc) is 2.80. The Morgan fingerprint density at radius 1 is 1.21 bits per heavy atom. The molecule has 2 heterocycles. The van der Waals surface area contributed by atoms with Gasteiger partial charge in [0.2, 0.25) is 6.41 Å². The quantitative estimate of drug-likeness (QED) is 0.773. The van der Waals surface area contributed by atoms with Crippen LogP contribution in [0, 0.1) is 11.6 Å². The van der Waals surface area contributed by atoms with Gasteiger partial charge in [0.05, 0.1) is 24.3 Å². The molecule has 1 amide bonds. The molecule has 19 heavy (non-hydrogen) atoms. The molecular formula is C13H11F2N3O. The second-order valence-electron chi connectivity index (χ2n) is 4.46. The summed E-state index contributed by atoms with van der Waals surface area (Å²) in [5.41, 5.74) is 2.07. The summed E-state index contributed by atoms with van der Waals surface area (Å²) in [5, 5.41) is 0. The zero-order chi connectivity index (χ0) is 13.4. The van der Waals surface area contributed by atoms with E-state index < -0.39 is 11.6 Å². The molecule has 1 aromatic carbocycles. The highest BCUT2D eigenvalue weighted by molar-refractivity contribution is 5.48. The van der Waals surface area contributed by atoms with Gasteiger partial charge in [-0.15, -0.1) is 0 Å². The number of imidazole rings is 1. The monoisotopic (exact) mass is 263 g/mol. The second kappa shape index (κ2) is 4.46. The zero-order valence-corrected chi connectivity index (χ0v) is 10.0. The van der Waals surface area contributed by atoms with Crippen molar-refractivity contribution in [2.45, 2.75) is 13.0 Å². The smallest absolute Gasteiger partial charge is 0.210 e. The lowest BCUT2D eigenvalue weighted by molar-refractivity contribution is -0.119. The maximum atomic E-state index is 13.2. The molecule has 0 atom stereocenters. The molecule has 1 aliphatic heterocycles. The highest BCUT2D eigenvalue weighted by atomic mass is 19.1. The molecule has 0 fully saturated rings. The normalized spacial score (nSPS) is 14.3. The van der Waals surface area contributed by atoms with Gasteiger partial charge in [0.1, 0.15) is 11.6 Å². The number of fused-ring (bicyclic) bond motifs is 1. The molecule has 6 heteroatoms. The fourth-order valence-corrected chi connectivity index (χ4v) is 2.32. The van der Waals surface area contributed by atoms with Gasteiger partial charge in [-0.2, -0.15) is 0 Å². The number of carbonyl (C=O) groups excluding carboxylic acids is 1. The highest BCUT2D eigenvalue weighted by Gasteiger charge is 2.20. The first-order chi connectivity index (χ1) is 9.17. The lowest BCUT2D eigenvalue weighted by Gasteiger charge is -2.23. The third-order valence-electron chi connectivity index (χ3n) is 3.22. The van der Waals surface area contributed by atoms with Crippen LogP contribution in [-0.2, 0) is 17.8 Å². The summed E-state index contributed by atoms with van der Waals surface area (Å²) in [6, 6.07) is 3.36. The molecule has 2 aromatic rings. The Labute approximate surface area is 108 Å². The van der Waals surface area contributed by atoms with Gasteiger partial charge < -0.3 is 9.47 Å². The molecule has 0 radical (unpaired) electrons. The predicted molar refractivity (Wildman–Crippen MR) is 63.7 cm³/mol. The molecule has 4 nitrogen and oxygen atoms in total. The minimum Gasteiger partial charge on any atom is -0.339 e. The van der Waals surface area contributed by atoms with Gasteiger partial charge in [-0.1, -0.05) is 0 Å². The number of rotatable bonds is 2. The summed E-state index contributed by atoms with van der Waals surface area (Å²) in [6.45, 7) is 1.02. The van der Waals surface area contributed by atoms with Crippen molar-refractivity contribution >= 4 is 6.41 Å². The van der Waals surface area contributed by atoms with E-state index in [0.717, 1.165) is 23.9 Å². The number of carbonyl (C=O) groups is 1. The van der Waals surface area contributed by atoms with E-state index in [1.807, 2.05) is 0 Å². The fourth-order valence-electron chi connectivity index (χ4n) is 2.32. The maximum Gasteiger partial charge on any atom is 0.210 e. The Morgan fingerprint density at radius 3 is 2.63 bits per heavy atom. The first-order valence-corrected chi connectivity index (χ1v) is 5.88. The molecule has 0 saturated carbocycles. The zero-order valence-electron chi connectivity index (χ0n) is 10.0. The van der Waals surface area contributed by atoms with Crippen LogP contribution in [0.5, 0.6) is 0 Å². The minimum atomic E-state index is -0.622. The number of nitrogens with zero attached hydrogens (tertiary/aromatic N) is 3. The fraction of sp³-hybridized carbons (Fsp3) is 0.231. The van der Waals surface area contributed by atoms with Crippen LogP contribution in [0.3, 0.4) is 0 Å². The summed E-state index contributed by atoms with van der Waals surface area (Å²) in [4.78, 5) is 16.6. The average molecular weight is 263 g/mol. The molecule has 0 bridgehead atoms. The summed E-state index contributed by atoms with van der Waals surface area (Å²) in [6.07, 6.45) is 2.93. The van der Waals surface area contributed by atoms with E-state index in [9.17, 15) is 13.6 Å². The van der Waals surface area contributed by atoms with Gasteiger partial charge in [-0.05, 0) is 12.1 Å². The van der Waals surface area contributed by atoms with Gasteiger partial charge in [-0.25, -0.2) is 13.8 Å². The number of hydrogen-bond acceptors (Lipinski definition) is 2. The highest BCUT2D eigenvalue weighted by Crippen LogP contribution is 2.21. The Kier molecular flexibility index (Phi) is 2.77. The minimum absolute atomic E-state index is 0.408. The van der Waals surface area contributed by atoms with E-state index in [4.69, 9.17) is 0 Å². The Hall–Kier alpha value is -2.24. The molecule has 0 spiro atoms. The van der Waals surface area contributed by atoms with Gasteiger partial charge in [0, 0.05) is 24.7 Å². The molecule has 3 rings (SSSR count). The lowest BCUT2D eigenvalue weighted by atomic mass is 10.1. The van der Waals surface area contributed by atoms with Gasteiger partial charge in [0.25, 0.3) is 0 Å². The first-order valence-electron chi connectivity index (χ1n) is 5.88. The summed E-state index contributed by atoms with van der Waals surface area (Å²) >= 11 is 0. The van der Waals surface area contributed by atoms with E-state index >= 15 is 0 Å². The lowest BCUT2D eigenvalue weighted by Crippen LogP contribution is -2.29. The molecule has 0 aliphatic carbocycles. The maximum absolute atomic E-state index is 13.2. The van der Waals surface area contributed by atoms with Crippen molar-refractivity contribution in [1.82, 2.24) is 14.5 Å². The van der Waals surface area contributed by atoms with Crippen LogP contribution < -0.4 is 0 Å². The van der Waals surface area contributed by atoms with Crippen LogP contribution in [0.15, 0.2) is 24.5 Å². The van der Waals surface area contributed by atoms with Crippen LogP contribution in [0.4, 0.5) is 8.78 Å². The van der Waals surface area contributed by atoms with Crippen LogP contribution in [0.2, 0.25) is 0 Å². The predicted octanol–water partition coefficient (Wildman–Crippen LogP) is 1.66. The Bertz CT molecular complexity index is 619. The van der Waals surface area contributed by atoms with Crippen LogP contribution in [-0.4, -0.2) is 27.4 Å². The largest absolute Gasteiger partial charge is 0.339 e. The van der Waals surface area contributed by atoms with Crippen molar-refractivity contribution in [3.63, 3.8) is 0 Å². The van der Waals surface area contributed by atoms with Gasteiger partial charge >= 0.3 is 0 Å². The molecule has 0 unspecified atom stereocenters. The Balaban J connectivity index is 2.03. The first kappa shape index (κ1) is 11.8. The third kappa shape index (κ3) is 2.09. The second-order valence-corrected chi connectivity index (χ2v) is 4.46. The van der Waals surface area contributed by atoms with E-state index in [1.165, 1.54) is 18.5 Å². The molecule has 98 valence electrons. The van der Waals surface area contributed by atoms with Crippen LogP contribution in [0.25, 0.3) is 5.69 Å². The van der Waals surface area contributed by atoms with Crippen molar-refractivity contribution < 1.29 is 13.6 Å². The molecular weight excluding hydrogens is 252 g/mol. The van der Waals surface area contributed by atoms with Crippen LogP contribution in [0.1, 0.15) is 11.4 Å². The number of halogens is 2. The van der Waals surface area contributed by atoms with Gasteiger partial charge in [0.15, 0.2) is 0 Å². The SMILES string of the molecule is O=CN1CCc2c(ncn2-c2cc(F)cc(F)c2)C1. The topological polar surface area (TPSA) is 38.1 Å². The van der Waals surface area contributed by atoms with Crippen molar-refractivity contribution in [3.05, 3.63) is 47.5 Å². The van der Waals surface area contributed by atoms with Crippen molar-refractivity contribution in [3.8, 4) is 5.69 Å². The molecule has 0 N–H and O–H groups in total. The van der Waals surface area contributed by atoms with E-state index in [1.54, 1.807) is 9.47 Å². The standard InChI is InChI=1S/C13H11F2N3O/c14-9-3-10(15)5-11(4-9)18-7-16-12-6-17(8-19)2-1-13(12)18/h3-5,7-8H,1-2,6H2. The number of hydrogen-bond donors (Lipinski definition) is 0. The third-order valence-corrected chi connectivity index (χ3v) is 3.22. The van der Waals surface area contributed by atoms with E-state index in [2.05, 4.69) is 4.98 Å². The van der Waals surface area contributed by atoms with E-state index in [0.29, 0.717) is 25.2 Å². The number of aromatic nitrogens is 2. The molecule has 1 aliphatic rings. The summed E-state index contributed by atoms with van der Waals surface area (Å²) in [7, 11) is 0. The summed E-state index contributed by atoms with van der Waals surface area (Å²) in [5.74, 6) is -1.24. The van der Waals surface area contributed by atoms with Crippen molar-refractivity contribution in [2.24, 2.45) is 0 Å². The van der Waals surface area contributed by atoms with Gasteiger partial charge in [-0.3, -0.25) is 4.79 Å².